The fourth-order valence-electron chi connectivity index (χ4n) is 2.94. The molecule has 1 N–H and O–H groups in total. The highest BCUT2D eigenvalue weighted by Gasteiger charge is 2.26. The molecular weight excluding hydrogens is 460 g/mol. The largest absolute Gasteiger partial charge is 0.497 e. The van der Waals surface area contributed by atoms with Crippen molar-refractivity contribution in [1.82, 2.24) is 10.2 Å². The molecule has 0 saturated heterocycles. The number of hydrogen-bond donors (Lipinski definition) is 1. The number of hydrogen-bond acceptors (Lipinski definition) is 4. The summed E-state index contributed by atoms with van der Waals surface area (Å²) in [5.41, 5.74) is 1.88. The molecule has 2 aromatic rings. The lowest BCUT2D eigenvalue weighted by Crippen LogP contribution is -2.49. The van der Waals surface area contributed by atoms with Crippen molar-refractivity contribution in [2.24, 2.45) is 5.92 Å². The van der Waals surface area contributed by atoms with Gasteiger partial charge in [0.15, 0.2) is 6.61 Å². The number of nitrogens with one attached hydrogen (secondary N) is 1. The van der Waals surface area contributed by atoms with Gasteiger partial charge in [-0.05, 0) is 61.2 Å². The zero-order valence-electron chi connectivity index (χ0n) is 18.8. The number of benzene rings is 2. The Kier molecular flexibility index (Phi) is 9.37. The molecule has 1 atom stereocenters. The van der Waals surface area contributed by atoms with Gasteiger partial charge in [-0.3, -0.25) is 9.59 Å². The highest BCUT2D eigenvalue weighted by atomic mass is 79.9. The van der Waals surface area contributed by atoms with Gasteiger partial charge in [0.1, 0.15) is 17.5 Å². The molecule has 0 saturated carbocycles. The maximum absolute atomic E-state index is 13.1. The minimum Gasteiger partial charge on any atom is -0.497 e. The van der Waals surface area contributed by atoms with E-state index in [2.05, 4.69) is 21.2 Å². The molecule has 1 unspecified atom stereocenters. The van der Waals surface area contributed by atoms with Crippen molar-refractivity contribution < 1.29 is 19.1 Å². The van der Waals surface area contributed by atoms with Gasteiger partial charge in [-0.2, -0.15) is 0 Å². The van der Waals surface area contributed by atoms with Crippen LogP contribution in [0.15, 0.2) is 46.9 Å². The number of ether oxygens (including phenoxy) is 2. The normalized spacial score (nSPS) is 11.7. The minimum absolute atomic E-state index is 0.160. The van der Waals surface area contributed by atoms with Crippen LogP contribution in [0.2, 0.25) is 0 Å². The molecule has 0 aliphatic heterocycles. The summed E-state index contributed by atoms with van der Waals surface area (Å²) in [5, 5.41) is 2.91. The zero-order valence-corrected chi connectivity index (χ0v) is 20.4. The number of nitrogens with zero attached hydrogens (tertiary/aromatic N) is 1. The molecule has 0 fully saturated rings. The van der Waals surface area contributed by atoms with E-state index in [1.165, 1.54) is 4.90 Å². The van der Waals surface area contributed by atoms with E-state index >= 15 is 0 Å². The predicted octanol–water partition coefficient (Wildman–Crippen LogP) is 4.33. The number of aryl methyl sites for hydroxylation is 1. The Morgan fingerprint density at radius 2 is 1.84 bits per heavy atom. The van der Waals surface area contributed by atoms with Crippen molar-refractivity contribution in [1.29, 1.82) is 0 Å². The first-order valence-corrected chi connectivity index (χ1v) is 11.1. The third kappa shape index (κ3) is 7.58. The summed E-state index contributed by atoms with van der Waals surface area (Å²) >= 11 is 3.46. The van der Waals surface area contributed by atoms with Gasteiger partial charge in [0.25, 0.3) is 5.91 Å². The summed E-state index contributed by atoms with van der Waals surface area (Å²) in [7, 11) is 1.60. The van der Waals surface area contributed by atoms with Crippen LogP contribution in [-0.2, 0) is 16.1 Å². The van der Waals surface area contributed by atoms with E-state index in [9.17, 15) is 9.59 Å². The molecule has 0 radical (unpaired) electrons. The van der Waals surface area contributed by atoms with Crippen molar-refractivity contribution in [2.45, 2.75) is 40.3 Å². The van der Waals surface area contributed by atoms with Gasteiger partial charge in [-0.25, -0.2) is 0 Å². The van der Waals surface area contributed by atoms with Crippen molar-refractivity contribution in [3.05, 3.63) is 58.1 Å². The van der Waals surface area contributed by atoms with Crippen molar-refractivity contribution in [3.8, 4) is 11.5 Å². The third-order valence-electron chi connectivity index (χ3n) is 4.83. The monoisotopic (exact) mass is 490 g/mol. The Morgan fingerprint density at radius 1 is 1.10 bits per heavy atom. The molecule has 6 nitrogen and oxygen atoms in total. The Bertz CT molecular complexity index is 901. The number of halogens is 1. The second kappa shape index (κ2) is 11.7. The van der Waals surface area contributed by atoms with Crippen LogP contribution in [0, 0.1) is 12.8 Å². The van der Waals surface area contributed by atoms with Crippen molar-refractivity contribution in [3.63, 3.8) is 0 Å². The molecule has 0 aliphatic rings. The molecule has 0 bridgehead atoms. The maximum atomic E-state index is 13.1. The van der Waals surface area contributed by atoms with Gasteiger partial charge in [-0.15, -0.1) is 0 Å². The van der Waals surface area contributed by atoms with E-state index in [0.717, 1.165) is 15.6 Å². The van der Waals surface area contributed by atoms with Gasteiger partial charge in [-0.1, -0.05) is 41.9 Å². The van der Waals surface area contributed by atoms with Crippen LogP contribution in [0.25, 0.3) is 0 Å². The van der Waals surface area contributed by atoms with Crippen LogP contribution in [0.1, 0.15) is 31.9 Å². The van der Waals surface area contributed by atoms with E-state index in [4.69, 9.17) is 9.47 Å². The highest BCUT2D eigenvalue weighted by molar-refractivity contribution is 9.10. The molecule has 0 heterocycles. The molecule has 2 rings (SSSR count). The topological polar surface area (TPSA) is 67.9 Å². The Balaban J connectivity index is 2.16. The van der Waals surface area contributed by atoms with E-state index < -0.39 is 6.04 Å². The van der Waals surface area contributed by atoms with Gasteiger partial charge in [0, 0.05) is 17.6 Å². The van der Waals surface area contributed by atoms with E-state index in [-0.39, 0.29) is 25.0 Å². The smallest absolute Gasteiger partial charge is 0.261 e. The average Bonchev–Trinajstić information content (AvgIpc) is 2.76. The fraction of sp³-hybridized carbons (Fsp3) is 0.417. The molecule has 7 heteroatoms. The molecule has 0 aliphatic carbocycles. The lowest BCUT2D eigenvalue weighted by atomic mass is 10.1. The van der Waals surface area contributed by atoms with Crippen LogP contribution < -0.4 is 14.8 Å². The Morgan fingerprint density at radius 3 is 2.48 bits per heavy atom. The summed E-state index contributed by atoms with van der Waals surface area (Å²) < 4.78 is 12.0. The van der Waals surface area contributed by atoms with Crippen molar-refractivity contribution >= 4 is 27.7 Å². The number of amides is 2. The first kappa shape index (κ1) is 24.7. The van der Waals surface area contributed by atoms with Gasteiger partial charge < -0.3 is 19.7 Å². The minimum atomic E-state index is -0.646. The van der Waals surface area contributed by atoms with Crippen LogP contribution in [-0.4, -0.2) is 43.0 Å². The first-order valence-electron chi connectivity index (χ1n) is 10.3. The lowest BCUT2D eigenvalue weighted by Gasteiger charge is -2.29. The molecular formula is C24H31BrN2O4. The quantitative estimate of drug-likeness (QED) is 0.537. The summed E-state index contributed by atoms with van der Waals surface area (Å²) in [5.74, 6) is 1.17. The number of carbonyl (C=O) groups excluding carboxylic acids is 2. The lowest BCUT2D eigenvalue weighted by molar-refractivity contribution is -0.142. The van der Waals surface area contributed by atoms with Gasteiger partial charge in [0.2, 0.25) is 5.91 Å². The number of methoxy groups -OCH3 is 1. The summed E-state index contributed by atoms with van der Waals surface area (Å²) in [6, 6.07) is 12.4. The number of carbonyl (C=O) groups is 2. The van der Waals surface area contributed by atoms with Gasteiger partial charge in [0.05, 0.1) is 7.11 Å². The molecule has 0 aromatic heterocycles. The number of rotatable bonds is 10. The molecule has 2 aromatic carbocycles. The Labute approximate surface area is 193 Å². The first-order chi connectivity index (χ1) is 14.7. The average molecular weight is 491 g/mol. The Hall–Kier alpha value is -2.54. The van der Waals surface area contributed by atoms with Gasteiger partial charge >= 0.3 is 0 Å². The van der Waals surface area contributed by atoms with E-state index in [1.54, 1.807) is 20.1 Å². The van der Waals surface area contributed by atoms with Crippen LogP contribution in [0.4, 0.5) is 0 Å². The third-order valence-corrected chi connectivity index (χ3v) is 5.72. The summed E-state index contributed by atoms with van der Waals surface area (Å²) in [6.07, 6.45) is 0. The van der Waals surface area contributed by atoms with E-state index in [1.807, 2.05) is 57.2 Å². The highest BCUT2D eigenvalue weighted by Crippen LogP contribution is 2.22. The SMILES string of the molecule is COc1cccc(CN(C(=O)COc2ccc(Br)c(C)c2)C(C)C(=O)NCC(C)C)c1. The van der Waals surface area contributed by atoms with Crippen LogP contribution in [0.3, 0.4) is 0 Å². The summed E-state index contributed by atoms with van der Waals surface area (Å²) in [6.45, 7) is 8.41. The fourth-order valence-corrected chi connectivity index (χ4v) is 3.18. The molecule has 31 heavy (non-hydrogen) atoms. The summed E-state index contributed by atoms with van der Waals surface area (Å²) in [4.78, 5) is 27.3. The zero-order chi connectivity index (χ0) is 23.0. The standard InChI is InChI=1S/C24H31BrN2O4/c1-16(2)13-26-24(29)18(4)27(14-19-7-6-8-20(12-19)30-5)23(28)15-31-21-9-10-22(25)17(3)11-21/h6-12,16,18H,13-15H2,1-5H3,(H,26,29). The van der Waals surface area contributed by atoms with Crippen molar-refractivity contribution in [2.75, 3.05) is 20.3 Å². The maximum Gasteiger partial charge on any atom is 0.261 e. The molecule has 168 valence electrons. The second-order valence-corrected chi connectivity index (χ2v) is 8.74. The second-order valence-electron chi connectivity index (χ2n) is 7.89. The van der Waals surface area contributed by atoms with E-state index in [0.29, 0.717) is 24.0 Å². The van der Waals surface area contributed by atoms with Crippen LogP contribution >= 0.6 is 15.9 Å². The molecule has 0 spiro atoms. The molecule has 2 amide bonds. The van der Waals surface area contributed by atoms with Crippen LogP contribution in [0.5, 0.6) is 11.5 Å². The predicted molar refractivity (Wildman–Crippen MR) is 125 cm³/mol.